The second-order valence-corrected chi connectivity index (χ2v) is 8.67. The maximum atomic E-state index is 12.4. The lowest BCUT2D eigenvalue weighted by molar-refractivity contribution is -0.115. The molecule has 0 aliphatic heterocycles. The number of carbonyl (C=O) groups excluding carboxylic acids is 1. The minimum absolute atomic E-state index is 0.131. The fourth-order valence-electron chi connectivity index (χ4n) is 2.55. The Morgan fingerprint density at radius 3 is 2.81 bits per heavy atom. The van der Waals surface area contributed by atoms with Crippen LogP contribution in [0.3, 0.4) is 0 Å². The van der Waals surface area contributed by atoms with Crippen molar-refractivity contribution in [3.05, 3.63) is 41.1 Å². The molecular weight excluding hydrogens is 380 g/mol. The lowest BCUT2D eigenvalue weighted by Crippen LogP contribution is -2.22. The lowest BCUT2D eigenvalue weighted by Gasteiger charge is -2.07. The van der Waals surface area contributed by atoms with Gasteiger partial charge in [-0.05, 0) is 31.7 Å². The first-order chi connectivity index (χ1) is 13.1. The number of hydrogen-bond donors (Lipinski definition) is 1. The van der Waals surface area contributed by atoms with E-state index in [2.05, 4.69) is 51.7 Å². The van der Waals surface area contributed by atoms with Gasteiger partial charge in [0, 0.05) is 16.9 Å². The van der Waals surface area contributed by atoms with Crippen LogP contribution in [-0.4, -0.2) is 26.3 Å². The molecule has 0 radical (unpaired) electrons. The van der Waals surface area contributed by atoms with E-state index in [9.17, 15) is 4.79 Å². The molecule has 1 aliphatic rings. The molecule has 2 heterocycles. The van der Waals surface area contributed by atoms with E-state index in [1.54, 1.807) is 0 Å². The van der Waals surface area contributed by atoms with Gasteiger partial charge in [-0.3, -0.25) is 4.79 Å². The standard InChI is InChI=1S/C19H20N4O2S2/c1-3-12-4-6-13(7-5-12)15-10-26-18(20-15)21-16(24)11(2)27-19-23-22-17(25-19)14-8-9-14/h4-7,10-11,14H,3,8-9H2,1-2H3,(H,20,21,24). The smallest absolute Gasteiger partial charge is 0.277 e. The molecule has 1 amide bonds. The van der Waals surface area contributed by atoms with Gasteiger partial charge in [0.1, 0.15) is 0 Å². The number of benzene rings is 1. The number of nitrogens with one attached hydrogen (secondary N) is 1. The van der Waals surface area contributed by atoms with Crippen LogP contribution >= 0.6 is 23.1 Å². The number of anilines is 1. The van der Waals surface area contributed by atoms with Crippen LogP contribution in [0.25, 0.3) is 11.3 Å². The highest BCUT2D eigenvalue weighted by atomic mass is 32.2. The largest absolute Gasteiger partial charge is 0.416 e. The van der Waals surface area contributed by atoms with Gasteiger partial charge in [-0.2, -0.15) is 0 Å². The number of amides is 1. The molecule has 1 fully saturated rings. The molecule has 0 bridgehead atoms. The summed E-state index contributed by atoms with van der Waals surface area (Å²) in [6, 6.07) is 8.33. The maximum absolute atomic E-state index is 12.4. The van der Waals surface area contributed by atoms with Crippen LogP contribution in [0.5, 0.6) is 0 Å². The molecule has 1 aliphatic carbocycles. The summed E-state index contributed by atoms with van der Waals surface area (Å²) >= 11 is 2.69. The van der Waals surface area contributed by atoms with Gasteiger partial charge in [0.15, 0.2) is 5.13 Å². The van der Waals surface area contributed by atoms with Gasteiger partial charge >= 0.3 is 0 Å². The van der Waals surface area contributed by atoms with E-state index in [-0.39, 0.29) is 11.2 Å². The molecule has 0 saturated heterocycles. The molecule has 1 unspecified atom stereocenters. The van der Waals surface area contributed by atoms with Gasteiger partial charge in [0.05, 0.1) is 10.9 Å². The molecule has 2 aromatic heterocycles. The van der Waals surface area contributed by atoms with Crippen LogP contribution < -0.4 is 5.32 Å². The van der Waals surface area contributed by atoms with Crippen molar-refractivity contribution in [2.24, 2.45) is 0 Å². The summed E-state index contributed by atoms with van der Waals surface area (Å²) in [4.78, 5) is 17.0. The Hall–Kier alpha value is -2.19. The Labute approximate surface area is 165 Å². The molecule has 1 N–H and O–H groups in total. The monoisotopic (exact) mass is 400 g/mol. The van der Waals surface area contributed by atoms with E-state index in [1.807, 2.05) is 12.3 Å². The summed E-state index contributed by atoms with van der Waals surface area (Å²) in [7, 11) is 0. The highest BCUT2D eigenvalue weighted by Crippen LogP contribution is 2.40. The van der Waals surface area contributed by atoms with Crippen LogP contribution in [0.4, 0.5) is 5.13 Å². The van der Waals surface area contributed by atoms with Crippen LogP contribution in [0.2, 0.25) is 0 Å². The number of thiazole rings is 1. The first-order valence-corrected chi connectivity index (χ1v) is 10.7. The van der Waals surface area contributed by atoms with Crippen LogP contribution in [-0.2, 0) is 11.2 Å². The molecule has 27 heavy (non-hydrogen) atoms. The summed E-state index contributed by atoms with van der Waals surface area (Å²) < 4.78 is 5.61. The zero-order valence-electron chi connectivity index (χ0n) is 15.1. The van der Waals surface area contributed by atoms with Gasteiger partial charge in [-0.15, -0.1) is 21.5 Å². The Kier molecular flexibility index (Phi) is 5.27. The SMILES string of the molecule is CCc1ccc(-c2csc(NC(=O)C(C)Sc3nnc(C4CC4)o3)n2)cc1. The average molecular weight is 401 g/mol. The molecule has 8 heteroatoms. The van der Waals surface area contributed by atoms with E-state index in [0.29, 0.717) is 22.2 Å². The zero-order valence-corrected chi connectivity index (χ0v) is 16.8. The second-order valence-electron chi connectivity index (χ2n) is 6.52. The maximum Gasteiger partial charge on any atom is 0.277 e. The van der Waals surface area contributed by atoms with Crippen molar-refractivity contribution >= 4 is 34.1 Å². The highest BCUT2D eigenvalue weighted by molar-refractivity contribution is 8.00. The van der Waals surface area contributed by atoms with Crippen LogP contribution in [0, 0.1) is 0 Å². The van der Waals surface area contributed by atoms with E-state index < -0.39 is 0 Å². The lowest BCUT2D eigenvalue weighted by atomic mass is 10.1. The number of thioether (sulfide) groups is 1. The molecule has 6 nitrogen and oxygen atoms in total. The third kappa shape index (κ3) is 4.39. The molecule has 1 atom stereocenters. The summed E-state index contributed by atoms with van der Waals surface area (Å²) in [6.45, 7) is 3.95. The number of carbonyl (C=O) groups is 1. The van der Waals surface area contributed by atoms with Crippen molar-refractivity contribution in [1.29, 1.82) is 0 Å². The van der Waals surface area contributed by atoms with Crippen molar-refractivity contribution in [2.45, 2.75) is 49.5 Å². The topological polar surface area (TPSA) is 80.9 Å². The molecule has 1 aromatic carbocycles. The van der Waals surface area contributed by atoms with Crippen molar-refractivity contribution in [3.8, 4) is 11.3 Å². The van der Waals surface area contributed by atoms with Crippen molar-refractivity contribution in [3.63, 3.8) is 0 Å². The van der Waals surface area contributed by atoms with E-state index in [0.717, 1.165) is 30.5 Å². The fourth-order valence-corrected chi connectivity index (χ4v) is 3.96. The first kappa shape index (κ1) is 18.2. The zero-order chi connectivity index (χ0) is 18.8. The van der Waals surface area contributed by atoms with E-state index in [4.69, 9.17) is 4.42 Å². The summed E-state index contributed by atoms with van der Waals surface area (Å²) in [5, 5.41) is 13.6. The van der Waals surface area contributed by atoms with Crippen molar-refractivity contribution in [2.75, 3.05) is 5.32 Å². The van der Waals surface area contributed by atoms with Crippen LogP contribution in [0.1, 0.15) is 44.1 Å². The quantitative estimate of drug-likeness (QED) is 0.576. The third-order valence-electron chi connectivity index (χ3n) is 4.39. The van der Waals surface area contributed by atoms with Gasteiger partial charge in [-0.1, -0.05) is 43.0 Å². The predicted molar refractivity (Wildman–Crippen MR) is 107 cm³/mol. The second kappa shape index (κ2) is 7.82. The number of hydrogen-bond acceptors (Lipinski definition) is 7. The molecule has 3 aromatic rings. The van der Waals surface area contributed by atoms with E-state index >= 15 is 0 Å². The third-order valence-corrected chi connectivity index (χ3v) is 6.08. The molecule has 4 rings (SSSR count). The molecule has 0 spiro atoms. The van der Waals surface area contributed by atoms with Crippen molar-refractivity contribution in [1.82, 2.24) is 15.2 Å². The van der Waals surface area contributed by atoms with Gasteiger partial charge in [0.25, 0.3) is 5.22 Å². The summed E-state index contributed by atoms with van der Waals surface area (Å²) in [6.07, 6.45) is 3.22. The number of aromatic nitrogens is 3. The van der Waals surface area contributed by atoms with E-state index in [1.165, 1.54) is 28.7 Å². The normalized spacial score (nSPS) is 14.9. The first-order valence-electron chi connectivity index (χ1n) is 8.98. The molecular formula is C19H20N4O2S2. The van der Waals surface area contributed by atoms with Crippen molar-refractivity contribution < 1.29 is 9.21 Å². The highest BCUT2D eigenvalue weighted by Gasteiger charge is 2.30. The predicted octanol–water partition coefficient (Wildman–Crippen LogP) is 4.75. The number of aryl methyl sites for hydroxylation is 1. The average Bonchev–Trinajstić information content (AvgIpc) is 3.25. The van der Waals surface area contributed by atoms with Gasteiger partial charge in [-0.25, -0.2) is 4.98 Å². The Morgan fingerprint density at radius 1 is 1.33 bits per heavy atom. The summed E-state index contributed by atoms with van der Waals surface area (Å²) in [5.41, 5.74) is 3.20. The fraction of sp³-hybridized carbons (Fsp3) is 0.368. The minimum atomic E-state index is -0.353. The van der Waals surface area contributed by atoms with Gasteiger partial charge < -0.3 is 9.73 Å². The molecule has 140 valence electrons. The Bertz CT molecular complexity index is 931. The van der Waals surface area contributed by atoms with Gasteiger partial charge in [0.2, 0.25) is 11.8 Å². The number of rotatable bonds is 7. The Balaban J connectivity index is 1.36. The number of nitrogens with zero attached hydrogens (tertiary/aromatic N) is 3. The van der Waals surface area contributed by atoms with Crippen LogP contribution in [0.15, 0.2) is 39.3 Å². The molecule has 1 saturated carbocycles. The Morgan fingerprint density at radius 2 is 2.11 bits per heavy atom. The summed E-state index contributed by atoms with van der Waals surface area (Å²) in [5.74, 6) is 0.966. The minimum Gasteiger partial charge on any atom is -0.416 e.